The molecule has 2 saturated heterocycles. The van der Waals surface area contributed by atoms with Crippen LogP contribution in [0.3, 0.4) is 0 Å². The van der Waals surface area contributed by atoms with E-state index in [9.17, 15) is 52.8 Å². The lowest BCUT2D eigenvalue weighted by atomic mass is 9.95. The number of aliphatic hydroxyl groups is 1. The minimum atomic E-state index is -1.74. The van der Waals surface area contributed by atoms with Crippen LogP contribution in [-0.2, 0) is 66.7 Å². The number of hydrogen-bond donors (Lipinski definition) is 7. The van der Waals surface area contributed by atoms with E-state index in [1.54, 1.807) is 56.3 Å². The van der Waals surface area contributed by atoms with E-state index < -0.39 is 113 Å². The van der Waals surface area contributed by atoms with Crippen molar-refractivity contribution in [3.8, 4) is 5.75 Å². The minimum Gasteiger partial charge on any atom is -0.508 e. The number of fused-ring (bicyclic) bond motifs is 2. The number of aromatic hydroxyl groups is 1. The van der Waals surface area contributed by atoms with Gasteiger partial charge in [-0.1, -0.05) is 82.2 Å². The molecule has 2 fully saturated rings. The largest absolute Gasteiger partial charge is 0.508 e. The molecule has 19 nitrogen and oxygen atoms in total. The number of phenolic OH excluding ortho intramolecular Hbond substituents is 1. The first-order chi connectivity index (χ1) is 32.2. The van der Waals surface area contributed by atoms with Crippen LogP contribution in [-0.4, -0.2) is 139 Å². The Bertz CT molecular complexity index is 2170. The smallest absolute Gasteiger partial charge is 0.329 e. The zero-order chi connectivity index (χ0) is 50.2. The molecule has 4 rings (SSSR count). The van der Waals surface area contributed by atoms with Gasteiger partial charge < -0.3 is 51.3 Å². The van der Waals surface area contributed by atoms with Gasteiger partial charge in [-0.05, 0) is 68.7 Å². The van der Waals surface area contributed by atoms with E-state index in [0.29, 0.717) is 17.5 Å². The number of benzene rings is 2. The van der Waals surface area contributed by atoms with Crippen LogP contribution >= 0.6 is 0 Å². The van der Waals surface area contributed by atoms with Crippen molar-refractivity contribution in [1.29, 1.82) is 0 Å². The van der Waals surface area contributed by atoms with Crippen LogP contribution in [0.25, 0.3) is 0 Å². The van der Waals surface area contributed by atoms with Gasteiger partial charge in [-0.25, -0.2) is 4.79 Å². The van der Waals surface area contributed by atoms with Crippen LogP contribution in [0.15, 0.2) is 66.4 Å². The second kappa shape index (κ2) is 25.8. The van der Waals surface area contributed by atoms with Gasteiger partial charge in [0.05, 0.1) is 0 Å². The van der Waals surface area contributed by atoms with Crippen molar-refractivity contribution in [3.63, 3.8) is 0 Å². The zero-order valence-electron chi connectivity index (χ0n) is 39.8. The number of amides is 7. The molecule has 9 atom stereocenters. The number of piperidine rings is 1. The maximum atomic E-state index is 15.0. The molecule has 2 aromatic rings. The Kier molecular flexibility index (Phi) is 20.7. The summed E-state index contributed by atoms with van der Waals surface area (Å²) in [5, 5.41) is 34.5. The third-order valence-corrected chi connectivity index (χ3v) is 12.8. The fraction of sp³-hybridized carbons (Fsp3) is 0.542. The van der Waals surface area contributed by atoms with Gasteiger partial charge in [0.2, 0.25) is 29.5 Å². The van der Waals surface area contributed by atoms with Gasteiger partial charge in [-0.3, -0.25) is 37.8 Å². The molecular formula is C48H67N7O12S. The van der Waals surface area contributed by atoms with Gasteiger partial charge >= 0.3 is 5.97 Å². The van der Waals surface area contributed by atoms with Gasteiger partial charge in [0.1, 0.15) is 60.0 Å². The molecule has 2 aliphatic heterocycles. The summed E-state index contributed by atoms with van der Waals surface area (Å²) in [6, 6.07) is 6.13. The summed E-state index contributed by atoms with van der Waals surface area (Å²) in [5.74, 6) is -7.37. The molecule has 0 saturated carbocycles. The predicted octanol–water partition coefficient (Wildman–Crippen LogP) is 1.22. The quantitative estimate of drug-likeness (QED) is 0.0755. The average molecular weight is 966 g/mol. The molecule has 2 bridgehead atoms. The molecule has 0 radical (unpaired) electrons. The van der Waals surface area contributed by atoms with Gasteiger partial charge in [0, 0.05) is 49.1 Å². The second-order valence-electron chi connectivity index (χ2n) is 17.6. The number of carbonyl (C=O) groups is 8. The second-order valence-corrected chi connectivity index (χ2v) is 19.1. The standard InChI is InChI=1S/C48H67N7O12S/c1-8-10-12-17-38(57)49-34(24-25-68(7)66)43(60)53-41-29(5)67-48(65)40(28(3)4)52-44(61)36(26-31-18-20-32(56)21-19-31)54(6)47(64)37(27-30-15-13-11-14-16-30)55-39(58)23-22-35(46(55)63)51-42(59)33(9-2)50-45(41)62/h9,11,13-16,18-21,28-29,34-37,39-41,56,58H,8,10,12,17,22-27H2,1-7H3,(H,49,57)(H,50,62)(H,51,59)(H,52,61)(H,53,60)/b33-9-/t29-,34+,35-,36-,37-,39+,40-,41-,68-/m0/s1. The van der Waals surface area contributed by atoms with Crippen molar-refractivity contribution in [1.82, 2.24) is 36.4 Å². The van der Waals surface area contributed by atoms with Crippen molar-refractivity contribution in [2.45, 2.75) is 141 Å². The number of cyclic esters (lactones) is 1. The number of nitrogens with zero attached hydrogens (tertiary/aromatic N) is 2. The van der Waals surface area contributed by atoms with E-state index in [1.807, 2.05) is 6.92 Å². The summed E-state index contributed by atoms with van der Waals surface area (Å²) in [5.41, 5.74) is 0.765. The maximum absolute atomic E-state index is 15.0. The summed E-state index contributed by atoms with van der Waals surface area (Å²) in [7, 11) is -0.00865. The van der Waals surface area contributed by atoms with Crippen LogP contribution in [0.5, 0.6) is 5.75 Å². The van der Waals surface area contributed by atoms with Crippen molar-refractivity contribution < 1.29 is 57.5 Å². The first-order valence-electron chi connectivity index (χ1n) is 23.0. The Morgan fingerprint density at radius 1 is 0.912 bits per heavy atom. The molecule has 2 heterocycles. The summed E-state index contributed by atoms with van der Waals surface area (Å²) < 4.78 is 18.0. The molecule has 2 aliphatic rings. The van der Waals surface area contributed by atoms with E-state index in [1.165, 1.54) is 45.4 Å². The summed E-state index contributed by atoms with van der Waals surface area (Å²) in [6.07, 6.45) is 1.52. The van der Waals surface area contributed by atoms with E-state index in [0.717, 1.165) is 22.6 Å². The number of allylic oxidation sites excluding steroid dienone is 1. The third kappa shape index (κ3) is 15.2. The monoisotopic (exact) mass is 965 g/mol. The number of aliphatic hydroxyl groups excluding tert-OH is 1. The number of carbonyl (C=O) groups excluding carboxylic acids is 8. The predicted molar refractivity (Wildman–Crippen MR) is 252 cm³/mol. The molecule has 7 amide bonds. The Labute approximate surface area is 400 Å². The molecule has 2 aromatic carbocycles. The Morgan fingerprint density at radius 2 is 1.56 bits per heavy atom. The van der Waals surface area contributed by atoms with E-state index in [4.69, 9.17) is 4.74 Å². The number of hydrogen-bond acceptors (Lipinski definition) is 12. The summed E-state index contributed by atoms with van der Waals surface area (Å²) in [6.45, 7) is 7.97. The van der Waals surface area contributed by atoms with Gasteiger partial charge in [-0.2, -0.15) is 0 Å². The number of phenols is 1. The van der Waals surface area contributed by atoms with Crippen molar-refractivity contribution >= 4 is 58.1 Å². The van der Waals surface area contributed by atoms with E-state index in [-0.39, 0.29) is 55.7 Å². The molecule has 0 unspecified atom stereocenters. The topological polar surface area (TPSA) is 270 Å². The number of esters is 1. The molecule has 7 N–H and O–H groups in total. The van der Waals surface area contributed by atoms with Crippen LogP contribution < -0.4 is 26.6 Å². The summed E-state index contributed by atoms with van der Waals surface area (Å²) >= 11 is 0. The molecule has 0 aromatic heterocycles. The maximum Gasteiger partial charge on any atom is 0.329 e. The Morgan fingerprint density at radius 3 is 2.18 bits per heavy atom. The number of likely N-dealkylation sites (N-methyl/N-ethyl adjacent to an activating group) is 1. The zero-order valence-corrected chi connectivity index (χ0v) is 40.6. The van der Waals surface area contributed by atoms with Crippen molar-refractivity contribution in [2.75, 3.05) is 19.1 Å². The molecule has 68 heavy (non-hydrogen) atoms. The van der Waals surface area contributed by atoms with E-state index >= 15 is 0 Å². The van der Waals surface area contributed by atoms with Gasteiger partial charge in [0.25, 0.3) is 11.8 Å². The first-order valence-corrected chi connectivity index (χ1v) is 24.8. The van der Waals surface area contributed by atoms with Crippen LogP contribution in [0.1, 0.15) is 90.7 Å². The highest BCUT2D eigenvalue weighted by atomic mass is 32.2. The van der Waals surface area contributed by atoms with E-state index in [2.05, 4.69) is 26.6 Å². The highest BCUT2D eigenvalue weighted by molar-refractivity contribution is 7.84. The fourth-order valence-corrected chi connectivity index (χ4v) is 8.54. The highest BCUT2D eigenvalue weighted by Gasteiger charge is 2.45. The number of ether oxygens (including phenoxy) is 1. The molecule has 0 spiro atoms. The van der Waals surface area contributed by atoms with Crippen molar-refractivity contribution in [2.24, 2.45) is 5.92 Å². The molecule has 372 valence electrons. The summed E-state index contributed by atoms with van der Waals surface area (Å²) in [4.78, 5) is 116. The molecule has 20 heteroatoms. The third-order valence-electron chi connectivity index (χ3n) is 12.0. The SMILES string of the molecule is C/C=C1\NC(=O)[C@@H](NC(=O)[C@@H](CC[S@](C)=O)NC(=O)CCCCC)[C@H](C)OC(=O)[C@H](C(C)C)NC(=O)[C@H](Cc2ccc(O)cc2)N(C)C(=O)[C@H](Cc2ccccc2)N2C(=O)[C@H](CC[C@H]2O)NC1=O. The number of nitrogens with one attached hydrogen (secondary N) is 5. The Balaban J connectivity index is 1.83. The highest BCUT2D eigenvalue weighted by Crippen LogP contribution is 2.25. The van der Waals surface area contributed by atoms with Crippen LogP contribution in [0.4, 0.5) is 0 Å². The minimum absolute atomic E-state index is 0.0171. The number of unbranched alkanes of at least 4 members (excludes halogenated alkanes) is 2. The Hall–Kier alpha value is -6.15. The average Bonchev–Trinajstić information content (AvgIpc) is 3.29. The molecule has 0 aliphatic carbocycles. The lowest BCUT2D eigenvalue weighted by Crippen LogP contribution is -2.64. The van der Waals surface area contributed by atoms with Crippen LogP contribution in [0, 0.1) is 5.92 Å². The first kappa shape index (κ1) is 54.5. The fourth-order valence-electron chi connectivity index (χ4n) is 7.97. The lowest BCUT2D eigenvalue weighted by Gasteiger charge is -2.43. The van der Waals surface area contributed by atoms with Crippen molar-refractivity contribution in [3.05, 3.63) is 77.5 Å². The van der Waals surface area contributed by atoms with Gasteiger partial charge in [0.15, 0.2) is 0 Å². The number of rotatable bonds is 15. The normalized spacial score (nSPS) is 25.0. The lowest BCUT2D eigenvalue weighted by molar-refractivity contribution is -0.165. The van der Waals surface area contributed by atoms with Crippen LogP contribution in [0.2, 0.25) is 0 Å². The van der Waals surface area contributed by atoms with Gasteiger partial charge in [-0.15, -0.1) is 0 Å². The molecular weight excluding hydrogens is 899 g/mol.